The van der Waals surface area contributed by atoms with Gasteiger partial charge in [0.05, 0.1) is 112 Å². The van der Waals surface area contributed by atoms with Crippen molar-refractivity contribution in [2.24, 2.45) is 0 Å². The maximum absolute atomic E-state index is 11.9. The van der Waals surface area contributed by atoms with Crippen LogP contribution in [0.25, 0.3) is 0 Å². The van der Waals surface area contributed by atoms with Crippen molar-refractivity contribution < 1.29 is 57.0 Å². The quantitative estimate of drug-likeness (QED) is 0.0292. The van der Waals surface area contributed by atoms with Gasteiger partial charge in [-0.2, -0.15) is 0 Å². The van der Waals surface area contributed by atoms with Crippen LogP contribution in [-0.4, -0.2) is 137 Å². The van der Waals surface area contributed by atoms with E-state index < -0.39 is 11.8 Å². The predicted molar refractivity (Wildman–Crippen MR) is 209 cm³/mol. The lowest BCUT2D eigenvalue weighted by Gasteiger charge is -2.09. The lowest BCUT2D eigenvalue weighted by atomic mass is 10.0. The summed E-state index contributed by atoms with van der Waals surface area (Å²) in [5.41, 5.74) is 0.300. The molecule has 0 aliphatic rings. The number of hydrogen-bond acceptors (Lipinski definition) is 12. The Labute approximate surface area is 326 Å². The summed E-state index contributed by atoms with van der Waals surface area (Å²) >= 11 is 0. The van der Waals surface area contributed by atoms with E-state index in [4.69, 9.17) is 47.4 Å². The van der Waals surface area contributed by atoms with Crippen molar-refractivity contribution in [3.05, 3.63) is 35.9 Å². The molecule has 12 nitrogen and oxygen atoms in total. The van der Waals surface area contributed by atoms with E-state index in [-0.39, 0.29) is 13.2 Å². The topological polar surface area (TPSA) is 126 Å². The van der Waals surface area contributed by atoms with Crippen molar-refractivity contribution >= 4 is 11.8 Å². The van der Waals surface area contributed by atoms with Crippen LogP contribution in [0.5, 0.6) is 0 Å². The zero-order valence-corrected chi connectivity index (χ0v) is 33.6. The Balaban J connectivity index is 1.64. The molecule has 0 N–H and O–H groups in total. The van der Waals surface area contributed by atoms with Crippen molar-refractivity contribution in [2.45, 2.75) is 96.8 Å². The molecule has 0 fully saturated rings. The van der Waals surface area contributed by atoms with Gasteiger partial charge in [-0.3, -0.25) is 4.79 Å². The second-order valence-corrected chi connectivity index (χ2v) is 12.9. The number of Topliss-reactive ketones (excluding diaryl/α,β-unsaturated/α-hetero) is 1. The zero-order valence-electron chi connectivity index (χ0n) is 33.6. The van der Waals surface area contributed by atoms with Gasteiger partial charge < -0.3 is 47.4 Å². The highest BCUT2D eigenvalue weighted by Gasteiger charge is 2.17. The number of carbonyl (C=O) groups excluding carboxylic acids is 2. The molecule has 0 radical (unpaired) electrons. The van der Waals surface area contributed by atoms with E-state index in [1.165, 1.54) is 83.5 Å². The highest BCUT2D eigenvalue weighted by atomic mass is 16.6. The van der Waals surface area contributed by atoms with Crippen molar-refractivity contribution in [1.82, 2.24) is 0 Å². The molecule has 54 heavy (non-hydrogen) atoms. The Morgan fingerprint density at radius 2 is 0.630 bits per heavy atom. The Morgan fingerprint density at radius 1 is 0.352 bits per heavy atom. The number of esters is 1. The number of rotatable bonds is 44. The number of carbonyl (C=O) groups is 2. The molecule has 0 aliphatic heterocycles. The van der Waals surface area contributed by atoms with Gasteiger partial charge in [0.15, 0.2) is 0 Å². The summed E-state index contributed by atoms with van der Waals surface area (Å²) in [5, 5.41) is 0. The summed E-state index contributed by atoms with van der Waals surface area (Å²) in [4.78, 5) is 23.7. The first kappa shape index (κ1) is 50.0. The Kier molecular flexibility index (Phi) is 39.0. The normalized spacial score (nSPS) is 11.4. The van der Waals surface area contributed by atoms with Gasteiger partial charge in [0.1, 0.15) is 6.61 Å². The lowest BCUT2D eigenvalue weighted by Crippen LogP contribution is -2.20. The molecule has 0 heterocycles. The van der Waals surface area contributed by atoms with Gasteiger partial charge in [0.25, 0.3) is 5.78 Å². The van der Waals surface area contributed by atoms with Gasteiger partial charge in [-0.1, -0.05) is 121 Å². The van der Waals surface area contributed by atoms with E-state index in [2.05, 4.69) is 6.92 Å². The summed E-state index contributed by atoms with van der Waals surface area (Å²) in [6.07, 6.45) is 19.2. The van der Waals surface area contributed by atoms with Gasteiger partial charge in [-0.05, 0) is 6.42 Å². The van der Waals surface area contributed by atoms with Crippen molar-refractivity contribution in [2.75, 3.05) is 126 Å². The molecule has 0 aromatic heterocycles. The average Bonchev–Trinajstić information content (AvgIpc) is 3.19. The van der Waals surface area contributed by atoms with E-state index in [0.717, 1.165) is 13.0 Å². The molecule has 1 aromatic rings. The first-order valence-corrected chi connectivity index (χ1v) is 20.7. The third-order valence-electron chi connectivity index (χ3n) is 8.30. The third-order valence-corrected chi connectivity index (χ3v) is 8.30. The Morgan fingerprint density at radius 3 is 0.963 bits per heavy atom. The van der Waals surface area contributed by atoms with Crippen LogP contribution in [0.4, 0.5) is 0 Å². The minimum Gasteiger partial charge on any atom is -0.457 e. The van der Waals surface area contributed by atoms with E-state index in [0.29, 0.717) is 111 Å². The SMILES string of the molecule is CCCCCCCCCCCCCCCCOCCOCCOCCOCCOCCOCCOCCOCCOCCOC(=O)C(=O)c1ccccc1. The summed E-state index contributed by atoms with van der Waals surface area (Å²) in [7, 11) is 0. The molecule has 12 heteroatoms. The first-order chi connectivity index (χ1) is 26.8. The van der Waals surface area contributed by atoms with Gasteiger partial charge in [-0.15, -0.1) is 0 Å². The Hall–Kier alpha value is -2.00. The van der Waals surface area contributed by atoms with Crippen molar-refractivity contribution in [1.29, 1.82) is 0 Å². The molecule has 1 rings (SSSR count). The summed E-state index contributed by atoms with van der Waals surface area (Å²) in [6.45, 7) is 11.2. The minimum absolute atomic E-state index is 0.00221. The maximum Gasteiger partial charge on any atom is 0.379 e. The predicted octanol–water partition coefficient (Wildman–Crippen LogP) is 7.04. The standard InChI is InChI=1S/C42H74O12/c1-2-3-4-5-6-7-8-9-10-11-12-13-14-18-21-45-22-23-46-24-25-47-26-27-48-28-29-49-30-31-50-32-33-51-34-35-52-36-37-53-38-39-54-42(44)41(43)40-19-16-15-17-20-40/h15-17,19-20H,2-14,18,21-39H2,1H3. The van der Waals surface area contributed by atoms with E-state index in [1.54, 1.807) is 30.3 Å². The molecule has 0 saturated heterocycles. The molecule has 314 valence electrons. The van der Waals surface area contributed by atoms with E-state index in [9.17, 15) is 9.59 Å². The summed E-state index contributed by atoms with van der Waals surface area (Å²) in [5.74, 6) is -1.56. The fourth-order valence-electron chi connectivity index (χ4n) is 5.23. The molecule has 0 aliphatic carbocycles. The molecular weight excluding hydrogens is 696 g/mol. The van der Waals surface area contributed by atoms with Crippen molar-refractivity contribution in [3.8, 4) is 0 Å². The van der Waals surface area contributed by atoms with Crippen LogP contribution in [0.2, 0.25) is 0 Å². The average molecular weight is 771 g/mol. The molecule has 0 atom stereocenters. The highest BCUT2D eigenvalue weighted by molar-refractivity contribution is 6.40. The largest absolute Gasteiger partial charge is 0.457 e. The highest BCUT2D eigenvalue weighted by Crippen LogP contribution is 2.13. The van der Waals surface area contributed by atoms with Crippen molar-refractivity contribution in [3.63, 3.8) is 0 Å². The maximum atomic E-state index is 11.9. The van der Waals surface area contributed by atoms with Crippen LogP contribution in [0.15, 0.2) is 30.3 Å². The van der Waals surface area contributed by atoms with Crippen LogP contribution >= 0.6 is 0 Å². The fraction of sp³-hybridized carbons (Fsp3) is 0.810. The number of benzene rings is 1. The van der Waals surface area contributed by atoms with Crippen LogP contribution in [0.3, 0.4) is 0 Å². The lowest BCUT2D eigenvalue weighted by molar-refractivity contribution is -0.139. The second-order valence-electron chi connectivity index (χ2n) is 12.9. The Bertz CT molecular complexity index is 920. The summed E-state index contributed by atoms with van der Waals surface area (Å²) in [6, 6.07) is 8.28. The first-order valence-electron chi connectivity index (χ1n) is 20.7. The number of ether oxygens (including phenoxy) is 10. The van der Waals surface area contributed by atoms with Gasteiger partial charge in [-0.25, -0.2) is 4.79 Å². The smallest absolute Gasteiger partial charge is 0.379 e. The van der Waals surface area contributed by atoms with Gasteiger partial charge in [0, 0.05) is 12.2 Å². The van der Waals surface area contributed by atoms with Crippen LogP contribution < -0.4 is 0 Å². The third kappa shape index (κ3) is 35.7. The fourth-order valence-corrected chi connectivity index (χ4v) is 5.23. The number of hydrogen-bond donors (Lipinski definition) is 0. The van der Waals surface area contributed by atoms with E-state index >= 15 is 0 Å². The molecule has 0 amide bonds. The van der Waals surface area contributed by atoms with Crippen LogP contribution in [0, 0.1) is 0 Å². The molecule has 0 unspecified atom stereocenters. The molecule has 0 saturated carbocycles. The molecule has 1 aromatic carbocycles. The van der Waals surface area contributed by atoms with E-state index in [1.807, 2.05) is 0 Å². The van der Waals surface area contributed by atoms with Crippen LogP contribution in [0.1, 0.15) is 107 Å². The van der Waals surface area contributed by atoms with Crippen LogP contribution in [-0.2, 0) is 52.2 Å². The monoisotopic (exact) mass is 771 g/mol. The number of ketones is 1. The van der Waals surface area contributed by atoms with Gasteiger partial charge >= 0.3 is 5.97 Å². The summed E-state index contributed by atoms with van der Waals surface area (Å²) < 4.78 is 54.4. The van der Waals surface area contributed by atoms with Gasteiger partial charge in [0.2, 0.25) is 0 Å². The molecule has 0 spiro atoms. The second kappa shape index (κ2) is 42.1. The molecule has 0 bridgehead atoms. The molecular formula is C42H74O12. The minimum atomic E-state index is -0.892. The number of unbranched alkanes of at least 4 members (excludes halogenated alkanes) is 13. The zero-order chi connectivity index (χ0) is 38.7.